The summed E-state index contributed by atoms with van der Waals surface area (Å²) in [4.78, 5) is 35.9. The van der Waals surface area contributed by atoms with Crippen LogP contribution in [-0.4, -0.2) is 37.1 Å². The normalized spacial score (nSPS) is 21.8. The van der Waals surface area contributed by atoms with Crippen molar-refractivity contribution < 1.29 is 23.9 Å². The molecule has 1 N–H and O–H groups in total. The maximum Gasteiger partial charge on any atom is 0.344 e. The molecule has 0 spiro atoms. The van der Waals surface area contributed by atoms with Gasteiger partial charge in [-0.15, -0.1) is 0 Å². The second-order valence-electron chi connectivity index (χ2n) is 8.06. The minimum absolute atomic E-state index is 0.129. The molecular weight excluding hydrogens is 358 g/mol. The maximum absolute atomic E-state index is 12.1. The minimum atomic E-state index is -0.671. The first-order chi connectivity index (χ1) is 13.3. The highest BCUT2D eigenvalue weighted by atomic mass is 16.6. The van der Waals surface area contributed by atoms with E-state index in [1.54, 1.807) is 12.1 Å². The number of benzene rings is 1. The smallest absolute Gasteiger partial charge is 0.344 e. The lowest BCUT2D eigenvalue weighted by Crippen LogP contribution is -2.37. The van der Waals surface area contributed by atoms with E-state index in [0.29, 0.717) is 23.3 Å². The molecule has 154 valence electrons. The van der Waals surface area contributed by atoms with E-state index >= 15 is 0 Å². The van der Waals surface area contributed by atoms with Crippen molar-refractivity contribution in [2.45, 2.75) is 53.1 Å². The van der Waals surface area contributed by atoms with Crippen LogP contribution in [0.5, 0.6) is 0 Å². The van der Waals surface area contributed by atoms with E-state index in [2.05, 4.69) is 26.1 Å². The summed E-state index contributed by atoms with van der Waals surface area (Å²) < 4.78 is 10.5. The number of carbonyl (C=O) groups excluding carboxylic acids is 3. The summed E-state index contributed by atoms with van der Waals surface area (Å²) in [5, 5.41) is 2.49. The lowest BCUT2D eigenvalue weighted by atomic mass is 9.75. The van der Waals surface area contributed by atoms with Gasteiger partial charge in [-0.3, -0.25) is 9.59 Å². The van der Waals surface area contributed by atoms with Gasteiger partial charge in [0.15, 0.2) is 6.61 Å². The van der Waals surface area contributed by atoms with Crippen LogP contribution in [0.3, 0.4) is 0 Å². The number of rotatable bonds is 7. The second kappa shape index (κ2) is 10.2. The molecule has 0 aromatic heterocycles. The van der Waals surface area contributed by atoms with E-state index < -0.39 is 18.5 Å². The molecule has 3 atom stereocenters. The number of hydrogen-bond donors (Lipinski definition) is 1. The first-order valence-corrected chi connectivity index (χ1v) is 9.96. The van der Waals surface area contributed by atoms with Gasteiger partial charge in [0, 0.05) is 5.56 Å². The molecule has 1 aliphatic carbocycles. The molecule has 28 heavy (non-hydrogen) atoms. The van der Waals surface area contributed by atoms with Crippen molar-refractivity contribution in [3.63, 3.8) is 0 Å². The summed E-state index contributed by atoms with van der Waals surface area (Å²) in [7, 11) is 0. The van der Waals surface area contributed by atoms with E-state index in [-0.39, 0.29) is 18.6 Å². The number of hydrogen-bond acceptors (Lipinski definition) is 5. The molecule has 0 radical (unpaired) electrons. The quantitative estimate of drug-likeness (QED) is 0.724. The molecule has 2 rings (SSSR count). The second-order valence-corrected chi connectivity index (χ2v) is 8.06. The highest BCUT2D eigenvalue weighted by Crippen LogP contribution is 2.35. The third kappa shape index (κ3) is 6.66. The highest BCUT2D eigenvalue weighted by molar-refractivity contribution is 5.96. The summed E-state index contributed by atoms with van der Waals surface area (Å²) in [5.74, 6) is -0.282. The van der Waals surface area contributed by atoms with Crippen molar-refractivity contribution in [1.82, 2.24) is 5.32 Å². The fraction of sp³-hybridized carbons (Fsp3) is 0.591. The first kappa shape index (κ1) is 21.9. The fourth-order valence-corrected chi connectivity index (χ4v) is 3.60. The van der Waals surface area contributed by atoms with E-state index in [1.165, 1.54) is 0 Å². The van der Waals surface area contributed by atoms with Crippen molar-refractivity contribution in [3.8, 4) is 0 Å². The number of ether oxygens (including phenoxy) is 2. The Morgan fingerprint density at radius 3 is 2.43 bits per heavy atom. The third-order valence-corrected chi connectivity index (χ3v) is 5.30. The van der Waals surface area contributed by atoms with Crippen LogP contribution in [0.4, 0.5) is 0 Å². The molecule has 1 fully saturated rings. The van der Waals surface area contributed by atoms with Crippen LogP contribution in [0.15, 0.2) is 24.3 Å². The van der Waals surface area contributed by atoms with Crippen molar-refractivity contribution in [3.05, 3.63) is 35.4 Å². The van der Waals surface area contributed by atoms with Crippen LogP contribution in [0.1, 0.15) is 56.0 Å². The van der Waals surface area contributed by atoms with E-state index in [4.69, 9.17) is 9.47 Å². The topological polar surface area (TPSA) is 81.7 Å². The van der Waals surface area contributed by atoms with Crippen LogP contribution in [0.25, 0.3) is 0 Å². The molecule has 6 nitrogen and oxygen atoms in total. The van der Waals surface area contributed by atoms with Crippen molar-refractivity contribution >= 4 is 17.8 Å². The Kier molecular flexibility index (Phi) is 8.03. The Hall–Kier alpha value is -2.37. The minimum Gasteiger partial charge on any atom is -0.460 e. The number of carbonyl (C=O) groups is 3. The molecule has 0 aliphatic heterocycles. The number of esters is 2. The largest absolute Gasteiger partial charge is 0.460 e. The molecule has 1 aromatic carbocycles. The van der Waals surface area contributed by atoms with Gasteiger partial charge in [0.1, 0.15) is 12.6 Å². The predicted molar refractivity (Wildman–Crippen MR) is 106 cm³/mol. The molecule has 0 saturated heterocycles. The Labute approximate surface area is 167 Å². The molecule has 1 amide bonds. The Morgan fingerprint density at radius 2 is 1.79 bits per heavy atom. The standard InChI is InChI=1S/C22H31NO5/c1-14(2)18-10-7-16(4)11-19(18)28-21(25)13-27-20(24)12-23-22(26)17-8-5-15(3)6-9-17/h5-6,8-9,14,16,18-19H,7,10-13H2,1-4H3,(H,23,26)/t16-,18-,19-/m1/s1. The van der Waals surface area contributed by atoms with Crippen LogP contribution < -0.4 is 5.32 Å². The van der Waals surface area contributed by atoms with E-state index in [1.807, 2.05) is 19.1 Å². The van der Waals surface area contributed by atoms with Crippen molar-refractivity contribution in [2.24, 2.45) is 17.8 Å². The van der Waals surface area contributed by atoms with Gasteiger partial charge < -0.3 is 14.8 Å². The average molecular weight is 389 g/mol. The summed E-state index contributed by atoms with van der Waals surface area (Å²) >= 11 is 0. The Bertz CT molecular complexity index is 683. The maximum atomic E-state index is 12.1. The fourth-order valence-electron chi connectivity index (χ4n) is 3.60. The van der Waals surface area contributed by atoms with Gasteiger partial charge in [0.2, 0.25) is 0 Å². The highest BCUT2D eigenvalue weighted by Gasteiger charge is 2.33. The zero-order valence-corrected chi connectivity index (χ0v) is 17.2. The molecule has 1 saturated carbocycles. The van der Waals surface area contributed by atoms with Gasteiger partial charge >= 0.3 is 11.9 Å². The number of amides is 1. The molecule has 0 bridgehead atoms. The third-order valence-electron chi connectivity index (χ3n) is 5.30. The first-order valence-electron chi connectivity index (χ1n) is 9.96. The molecule has 1 aromatic rings. The van der Waals surface area contributed by atoms with Crippen LogP contribution in [-0.2, 0) is 19.1 Å². The zero-order valence-electron chi connectivity index (χ0n) is 17.2. The monoisotopic (exact) mass is 389 g/mol. The van der Waals surface area contributed by atoms with Gasteiger partial charge in [-0.2, -0.15) is 0 Å². The van der Waals surface area contributed by atoms with Crippen LogP contribution >= 0.6 is 0 Å². The zero-order chi connectivity index (χ0) is 20.7. The van der Waals surface area contributed by atoms with Crippen LogP contribution in [0, 0.1) is 24.7 Å². The van der Waals surface area contributed by atoms with Gasteiger partial charge in [0.25, 0.3) is 5.91 Å². The Balaban J connectivity index is 1.73. The number of aryl methyl sites for hydroxylation is 1. The van der Waals surface area contributed by atoms with E-state index in [0.717, 1.165) is 24.8 Å². The summed E-state index contributed by atoms with van der Waals surface area (Å²) in [5.41, 5.74) is 1.51. The Morgan fingerprint density at radius 1 is 1.11 bits per heavy atom. The predicted octanol–water partition coefficient (Wildman–Crippen LogP) is 3.27. The van der Waals surface area contributed by atoms with Crippen LogP contribution in [0.2, 0.25) is 0 Å². The summed E-state index contributed by atoms with van der Waals surface area (Å²) in [6, 6.07) is 7.01. The molecule has 1 aliphatic rings. The lowest BCUT2D eigenvalue weighted by Gasteiger charge is -2.36. The SMILES string of the molecule is Cc1ccc(C(=O)NCC(=O)OCC(=O)O[C@@H]2C[C@H](C)CC[C@@H]2C(C)C)cc1. The van der Waals surface area contributed by atoms with Crippen molar-refractivity contribution in [1.29, 1.82) is 0 Å². The van der Waals surface area contributed by atoms with Gasteiger partial charge in [0.05, 0.1) is 0 Å². The molecule has 6 heteroatoms. The average Bonchev–Trinajstić information content (AvgIpc) is 2.64. The van der Waals surface area contributed by atoms with Gasteiger partial charge in [-0.25, -0.2) is 4.79 Å². The molecule has 0 heterocycles. The molecular formula is C22H31NO5. The van der Waals surface area contributed by atoms with Gasteiger partial charge in [-0.05, 0) is 49.7 Å². The van der Waals surface area contributed by atoms with Crippen molar-refractivity contribution in [2.75, 3.05) is 13.2 Å². The van der Waals surface area contributed by atoms with Gasteiger partial charge in [-0.1, -0.05) is 44.9 Å². The summed E-state index contributed by atoms with van der Waals surface area (Å²) in [6.07, 6.45) is 2.90. The summed E-state index contributed by atoms with van der Waals surface area (Å²) in [6.45, 7) is 7.63. The molecule has 0 unspecified atom stereocenters. The lowest BCUT2D eigenvalue weighted by molar-refractivity contribution is -0.166. The van der Waals surface area contributed by atoms with E-state index in [9.17, 15) is 14.4 Å². The number of nitrogens with one attached hydrogen (secondary N) is 1.